The first kappa shape index (κ1) is 17.3. The van der Waals surface area contributed by atoms with Gasteiger partial charge in [-0.25, -0.2) is 14.8 Å². The Morgan fingerprint density at radius 1 is 1.29 bits per heavy atom. The number of amides is 1. The highest BCUT2D eigenvalue weighted by atomic mass is 35.5. The molecule has 0 spiro atoms. The van der Waals surface area contributed by atoms with E-state index in [2.05, 4.69) is 20.2 Å². The summed E-state index contributed by atoms with van der Waals surface area (Å²) in [6.45, 7) is 7.16. The third-order valence-electron chi connectivity index (χ3n) is 4.34. The Bertz CT molecular complexity index is 630. The zero-order valence-corrected chi connectivity index (χ0v) is 15.3. The minimum absolute atomic E-state index is 0.0628. The summed E-state index contributed by atoms with van der Waals surface area (Å²) in [5.74, 6) is 0.943. The predicted octanol–water partition coefficient (Wildman–Crippen LogP) is 3.11. The third-order valence-corrected chi connectivity index (χ3v) is 4.51. The number of hydrogen-bond acceptors (Lipinski definition) is 5. The number of fused-ring (bicyclic) bond motifs is 1. The number of alkyl carbamates (subject to hydrolysis) is 1. The first-order chi connectivity index (χ1) is 11.3. The van der Waals surface area contributed by atoms with Crippen molar-refractivity contribution in [2.45, 2.75) is 64.5 Å². The fraction of sp³-hybridized carbons (Fsp3) is 0.706. The van der Waals surface area contributed by atoms with Gasteiger partial charge >= 0.3 is 6.09 Å². The quantitative estimate of drug-likeness (QED) is 0.828. The Hall–Kier alpha value is -1.56. The summed E-state index contributed by atoms with van der Waals surface area (Å²) in [7, 11) is 0. The second-order valence-electron chi connectivity index (χ2n) is 7.53. The van der Waals surface area contributed by atoms with Crippen LogP contribution in [-0.2, 0) is 17.6 Å². The molecular formula is C17H25ClN4O2. The zero-order chi connectivity index (χ0) is 17.3. The van der Waals surface area contributed by atoms with Crippen LogP contribution >= 0.6 is 11.6 Å². The van der Waals surface area contributed by atoms with Gasteiger partial charge in [0.15, 0.2) is 0 Å². The number of halogens is 1. The van der Waals surface area contributed by atoms with Crippen molar-refractivity contribution in [2.75, 3.05) is 18.0 Å². The lowest BCUT2D eigenvalue weighted by molar-refractivity contribution is 0.0509. The first-order valence-corrected chi connectivity index (χ1v) is 8.99. The number of carbonyl (C=O) groups is 1. The Balaban J connectivity index is 1.68. The summed E-state index contributed by atoms with van der Waals surface area (Å²) in [5, 5.41) is 3.26. The molecule has 0 bridgehead atoms. The molecule has 1 fully saturated rings. The monoisotopic (exact) mass is 352 g/mol. The minimum atomic E-state index is -0.484. The number of carbonyl (C=O) groups excluding carboxylic acids is 1. The van der Waals surface area contributed by atoms with Crippen LogP contribution in [0.3, 0.4) is 0 Å². The van der Waals surface area contributed by atoms with Crippen molar-refractivity contribution < 1.29 is 9.53 Å². The lowest BCUT2D eigenvalue weighted by Crippen LogP contribution is -2.40. The number of hydrogen-bond donors (Lipinski definition) is 1. The van der Waals surface area contributed by atoms with Crippen LogP contribution in [0.1, 0.15) is 51.3 Å². The smallest absolute Gasteiger partial charge is 0.407 e. The van der Waals surface area contributed by atoms with Gasteiger partial charge in [0.1, 0.15) is 11.4 Å². The second-order valence-corrected chi connectivity index (χ2v) is 7.86. The molecule has 1 aromatic rings. The molecule has 7 heteroatoms. The first-order valence-electron chi connectivity index (χ1n) is 8.61. The van der Waals surface area contributed by atoms with Crippen LogP contribution in [0.4, 0.5) is 10.6 Å². The largest absolute Gasteiger partial charge is 0.444 e. The van der Waals surface area contributed by atoms with Gasteiger partial charge in [0.05, 0.1) is 11.7 Å². The van der Waals surface area contributed by atoms with Crippen molar-refractivity contribution in [3.05, 3.63) is 16.5 Å². The van der Waals surface area contributed by atoms with E-state index in [9.17, 15) is 4.79 Å². The molecule has 1 atom stereocenters. The summed E-state index contributed by atoms with van der Waals surface area (Å²) in [6.07, 6.45) is 4.80. The highest BCUT2D eigenvalue weighted by Crippen LogP contribution is 2.31. The lowest BCUT2D eigenvalue weighted by Gasteiger charge is -2.25. The van der Waals surface area contributed by atoms with E-state index in [1.807, 2.05) is 20.8 Å². The number of nitrogens with zero attached hydrogens (tertiary/aromatic N) is 3. The molecule has 2 aliphatic rings. The zero-order valence-electron chi connectivity index (χ0n) is 14.6. The molecule has 2 heterocycles. The molecule has 24 heavy (non-hydrogen) atoms. The highest BCUT2D eigenvalue weighted by Gasteiger charge is 2.29. The predicted molar refractivity (Wildman–Crippen MR) is 93.7 cm³/mol. The van der Waals surface area contributed by atoms with E-state index in [0.29, 0.717) is 5.28 Å². The van der Waals surface area contributed by atoms with E-state index < -0.39 is 5.60 Å². The van der Waals surface area contributed by atoms with Gasteiger partial charge in [-0.3, -0.25) is 0 Å². The number of rotatable bonds is 2. The maximum atomic E-state index is 11.9. The molecule has 0 saturated carbocycles. The number of nitrogens with one attached hydrogen (secondary N) is 1. The van der Waals surface area contributed by atoms with Gasteiger partial charge in [-0.15, -0.1) is 0 Å². The summed E-state index contributed by atoms with van der Waals surface area (Å²) >= 11 is 6.11. The Kier molecular flexibility index (Phi) is 4.85. The summed E-state index contributed by atoms with van der Waals surface area (Å²) in [5.41, 5.74) is 1.82. The highest BCUT2D eigenvalue weighted by molar-refractivity contribution is 6.28. The molecule has 0 aromatic carbocycles. The summed E-state index contributed by atoms with van der Waals surface area (Å²) in [4.78, 5) is 23.0. The van der Waals surface area contributed by atoms with Crippen molar-refractivity contribution in [3.8, 4) is 0 Å². The van der Waals surface area contributed by atoms with E-state index in [1.165, 1.54) is 12.0 Å². The van der Waals surface area contributed by atoms with Crippen molar-refractivity contribution in [3.63, 3.8) is 0 Å². The van der Waals surface area contributed by atoms with E-state index >= 15 is 0 Å². The topological polar surface area (TPSA) is 67.3 Å². The molecule has 1 amide bonds. The molecule has 1 aliphatic heterocycles. The van der Waals surface area contributed by atoms with Crippen molar-refractivity contribution in [2.24, 2.45) is 0 Å². The SMILES string of the molecule is CC(C)(C)OC(=O)NC1CCN(c2nc(Cl)nc3c2CCCC3)C1. The lowest BCUT2D eigenvalue weighted by atomic mass is 9.96. The van der Waals surface area contributed by atoms with Crippen LogP contribution < -0.4 is 10.2 Å². The number of aryl methyl sites for hydroxylation is 1. The summed E-state index contributed by atoms with van der Waals surface area (Å²) in [6, 6.07) is 0.0628. The van der Waals surface area contributed by atoms with Gasteiger partial charge in [0.25, 0.3) is 0 Å². The Morgan fingerprint density at radius 2 is 2.04 bits per heavy atom. The maximum Gasteiger partial charge on any atom is 0.407 e. The van der Waals surface area contributed by atoms with E-state index in [0.717, 1.165) is 50.3 Å². The van der Waals surface area contributed by atoms with E-state index in [-0.39, 0.29) is 12.1 Å². The molecular weight excluding hydrogens is 328 g/mol. The Labute approximate surface area is 147 Å². The molecule has 1 N–H and O–H groups in total. The number of aromatic nitrogens is 2. The fourth-order valence-electron chi connectivity index (χ4n) is 3.35. The molecule has 1 aliphatic carbocycles. The normalized spacial score (nSPS) is 20.7. The van der Waals surface area contributed by atoms with Crippen LogP contribution in [0.5, 0.6) is 0 Å². The van der Waals surface area contributed by atoms with Crippen molar-refractivity contribution in [1.29, 1.82) is 0 Å². The number of ether oxygens (including phenoxy) is 1. The summed E-state index contributed by atoms with van der Waals surface area (Å²) < 4.78 is 5.33. The van der Waals surface area contributed by atoms with Gasteiger partial charge in [0.2, 0.25) is 5.28 Å². The Morgan fingerprint density at radius 3 is 2.79 bits per heavy atom. The molecule has 1 unspecified atom stereocenters. The minimum Gasteiger partial charge on any atom is -0.444 e. The van der Waals surface area contributed by atoms with E-state index in [1.54, 1.807) is 0 Å². The van der Waals surface area contributed by atoms with Crippen LogP contribution in [0.25, 0.3) is 0 Å². The molecule has 1 aromatic heterocycles. The van der Waals surface area contributed by atoms with Gasteiger partial charge in [0, 0.05) is 18.7 Å². The average Bonchev–Trinajstić information content (AvgIpc) is 2.92. The van der Waals surface area contributed by atoms with E-state index in [4.69, 9.17) is 16.3 Å². The van der Waals surface area contributed by atoms with Crippen molar-refractivity contribution in [1.82, 2.24) is 15.3 Å². The molecule has 0 radical (unpaired) electrons. The fourth-order valence-corrected chi connectivity index (χ4v) is 3.53. The van der Waals surface area contributed by atoms with Crippen LogP contribution in [-0.4, -0.2) is 40.8 Å². The third kappa shape index (κ3) is 4.09. The second kappa shape index (κ2) is 6.75. The van der Waals surface area contributed by atoms with Crippen LogP contribution in [0.2, 0.25) is 5.28 Å². The van der Waals surface area contributed by atoms with Gasteiger partial charge in [-0.05, 0) is 64.5 Å². The molecule has 132 valence electrons. The standard InChI is InChI=1S/C17H25ClN4O2/c1-17(2,3)24-16(23)19-11-8-9-22(10-11)14-12-6-4-5-7-13(12)20-15(18)21-14/h11H,4-10H2,1-3H3,(H,19,23). The molecule has 3 rings (SSSR count). The van der Waals surface area contributed by atoms with Gasteiger partial charge in [-0.1, -0.05) is 0 Å². The molecule has 1 saturated heterocycles. The molecule has 6 nitrogen and oxygen atoms in total. The van der Waals surface area contributed by atoms with Gasteiger partial charge in [-0.2, -0.15) is 0 Å². The maximum absolute atomic E-state index is 11.9. The van der Waals surface area contributed by atoms with Crippen LogP contribution in [0, 0.1) is 0 Å². The van der Waals surface area contributed by atoms with Crippen LogP contribution in [0.15, 0.2) is 0 Å². The number of anilines is 1. The van der Waals surface area contributed by atoms with Crippen molar-refractivity contribution >= 4 is 23.5 Å². The van der Waals surface area contributed by atoms with Gasteiger partial charge < -0.3 is 15.0 Å². The average molecular weight is 353 g/mol.